The predicted molar refractivity (Wildman–Crippen MR) is 120 cm³/mol. The lowest BCUT2D eigenvalue weighted by molar-refractivity contribution is -0.139. The zero-order valence-electron chi connectivity index (χ0n) is 18.7. The Balaban J connectivity index is 1.83. The second-order valence-electron chi connectivity index (χ2n) is 8.02. The molecule has 1 aliphatic rings. The Labute approximate surface area is 183 Å². The Hall–Kier alpha value is -3.28. The van der Waals surface area contributed by atoms with Gasteiger partial charge in [0.1, 0.15) is 12.4 Å². The molecule has 2 amide bonds. The maximum Gasteiger partial charge on any atom is 0.338 e. The number of carbonyl (C=O) groups is 2. The molecular formula is C25H30N2O4. The number of allylic oxidation sites excluding steroid dienone is 1. The molecule has 3 rings (SSSR count). The van der Waals surface area contributed by atoms with Gasteiger partial charge in [0, 0.05) is 5.70 Å². The summed E-state index contributed by atoms with van der Waals surface area (Å²) < 4.78 is 11.2. The summed E-state index contributed by atoms with van der Waals surface area (Å²) in [5.41, 5.74) is 5.33. The van der Waals surface area contributed by atoms with Crippen LogP contribution in [-0.2, 0) is 16.1 Å². The first-order chi connectivity index (χ1) is 14.8. The van der Waals surface area contributed by atoms with E-state index in [0.29, 0.717) is 17.9 Å². The van der Waals surface area contributed by atoms with E-state index in [4.69, 9.17) is 9.47 Å². The fourth-order valence-electron chi connectivity index (χ4n) is 3.60. The summed E-state index contributed by atoms with van der Waals surface area (Å²) in [6.45, 7) is 10.5. The highest BCUT2D eigenvalue weighted by Gasteiger charge is 2.34. The smallest absolute Gasteiger partial charge is 0.338 e. The Morgan fingerprint density at radius 3 is 2.45 bits per heavy atom. The van der Waals surface area contributed by atoms with E-state index in [1.165, 1.54) is 11.1 Å². The first-order valence-electron chi connectivity index (χ1n) is 10.6. The van der Waals surface area contributed by atoms with E-state index in [0.717, 1.165) is 16.9 Å². The number of ether oxygens (including phenoxy) is 2. The minimum absolute atomic E-state index is 0.0341. The number of hydrogen-bond acceptors (Lipinski definition) is 4. The minimum atomic E-state index is -0.585. The number of benzene rings is 2. The van der Waals surface area contributed by atoms with Crippen LogP contribution in [0.15, 0.2) is 53.7 Å². The number of hydrogen-bond donors (Lipinski definition) is 2. The van der Waals surface area contributed by atoms with Gasteiger partial charge in [-0.1, -0.05) is 49.7 Å². The van der Waals surface area contributed by atoms with Gasteiger partial charge < -0.3 is 20.1 Å². The molecule has 0 aromatic heterocycles. The van der Waals surface area contributed by atoms with E-state index in [9.17, 15) is 9.59 Å². The summed E-state index contributed by atoms with van der Waals surface area (Å²) in [6.07, 6.45) is 0. The van der Waals surface area contributed by atoms with Crippen LogP contribution in [0.3, 0.4) is 0 Å². The van der Waals surface area contributed by atoms with E-state index in [-0.39, 0.29) is 18.6 Å². The Kier molecular flexibility index (Phi) is 7.00. The predicted octanol–water partition coefficient (Wildman–Crippen LogP) is 4.71. The zero-order chi connectivity index (χ0) is 22.5. The molecule has 31 heavy (non-hydrogen) atoms. The first-order valence-corrected chi connectivity index (χ1v) is 10.6. The number of esters is 1. The fourth-order valence-corrected chi connectivity index (χ4v) is 3.60. The summed E-state index contributed by atoms with van der Waals surface area (Å²) in [4.78, 5) is 24.9. The molecule has 1 atom stereocenters. The van der Waals surface area contributed by atoms with Crippen molar-refractivity contribution in [2.24, 2.45) is 5.92 Å². The Bertz CT molecular complexity index is 993. The molecule has 2 aromatic rings. The van der Waals surface area contributed by atoms with Crippen LogP contribution in [0.4, 0.5) is 4.79 Å². The van der Waals surface area contributed by atoms with Crippen molar-refractivity contribution < 1.29 is 19.1 Å². The lowest BCUT2D eigenvalue weighted by atomic mass is 9.91. The largest absolute Gasteiger partial charge is 0.489 e. The van der Waals surface area contributed by atoms with Crippen molar-refractivity contribution >= 4 is 12.0 Å². The van der Waals surface area contributed by atoms with Gasteiger partial charge in [0.25, 0.3) is 0 Å². The highest BCUT2D eigenvalue weighted by molar-refractivity contribution is 5.95. The van der Waals surface area contributed by atoms with Gasteiger partial charge in [0.05, 0.1) is 18.2 Å². The third kappa shape index (κ3) is 5.26. The lowest BCUT2D eigenvalue weighted by Gasteiger charge is -2.31. The molecule has 0 fully saturated rings. The van der Waals surface area contributed by atoms with Crippen LogP contribution < -0.4 is 15.4 Å². The van der Waals surface area contributed by atoms with Gasteiger partial charge in [0.2, 0.25) is 0 Å². The van der Waals surface area contributed by atoms with Gasteiger partial charge in [0.15, 0.2) is 0 Å². The van der Waals surface area contributed by atoms with E-state index < -0.39 is 12.0 Å². The van der Waals surface area contributed by atoms with Gasteiger partial charge >= 0.3 is 12.0 Å². The number of urea groups is 1. The van der Waals surface area contributed by atoms with Crippen LogP contribution in [0.25, 0.3) is 0 Å². The second-order valence-corrected chi connectivity index (χ2v) is 8.02. The van der Waals surface area contributed by atoms with E-state index in [1.54, 1.807) is 6.92 Å². The van der Waals surface area contributed by atoms with Crippen molar-refractivity contribution in [2.45, 2.75) is 47.3 Å². The maximum atomic E-state index is 12.7. The number of amides is 2. The lowest BCUT2D eigenvalue weighted by Crippen LogP contribution is -2.47. The molecule has 0 saturated carbocycles. The highest BCUT2D eigenvalue weighted by Crippen LogP contribution is 2.31. The Morgan fingerprint density at radius 1 is 1.10 bits per heavy atom. The monoisotopic (exact) mass is 422 g/mol. The molecule has 1 aliphatic heterocycles. The fraction of sp³-hybridized carbons (Fsp3) is 0.360. The van der Waals surface area contributed by atoms with Gasteiger partial charge in [-0.25, -0.2) is 9.59 Å². The quantitative estimate of drug-likeness (QED) is 0.634. The van der Waals surface area contributed by atoms with Gasteiger partial charge in [-0.05, 0) is 55.5 Å². The summed E-state index contributed by atoms with van der Waals surface area (Å²) in [5.74, 6) is 0.253. The molecule has 1 unspecified atom stereocenters. The van der Waals surface area contributed by atoms with Gasteiger partial charge in [-0.3, -0.25) is 0 Å². The normalized spacial score (nSPS) is 16.1. The van der Waals surface area contributed by atoms with Gasteiger partial charge in [-0.2, -0.15) is 0 Å². The molecule has 6 heteroatoms. The number of nitrogens with one attached hydrogen (secondary N) is 2. The van der Waals surface area contributed by atoms with Crippen molar-refractivity contribution in [1.29, 1.82) is 0 Å². The van der Waals surface area contributed by atoms with Crippen molar-refractivity contribution in [3.63, 3.8) is 0 Å². The molecule has 0 radical (unpaired) electrons. The standard InChI is InChI=1S/C25H30N2O4/c1-6-30-24(28)21-22(15(2)3)26-25(29)27-23(21)18-9-11-20(12-10-18)31-14-19-13-16(4)7-8-17(19)5/h7-13,15,23H,6,14H2,1-5H3,(H2,26,27,29). The summed E-state index contributed by atoms with van der Waals surface area (Å²) in [7, 11) is 0. The summed E-state index contributed by atoms with van der Waals surface area (Å²) in [6, 6.07) is 12.8. The molecule has 0 aliphatic carbocycles. The third-order valence-corrected chi connectivity index (χ3v) is 5.29. The van der Waals surface area contributed by atoms with Crippen LogP contribution in [-0.4, -0.2) is 18.6 Å². The molecule has 0 bridgehead atoms. The van der Waals surface area contributed by atoms with Crippen LogP contribution in [0.1, 0.15) is 49.1 Å². The van der Waals surface area contributed by atoms with Gasteiger partial charge in [-0.15, -0.1) is 0 Å². The topological polar surface area (TPSA) is 76.7 Å². The van der Waals surface area contributed by atoms with E-state index in [2.05, 4.69) is 42.7 Å². The second kappa shape index (κ2) is 9.69. The maximum absolute atomic E-state index is 12.7. The molecule has 1 heterocycles. The summed E-state index contributed by atoms with van der Waals surface area (Å²) in [5, 5.41) is 5.62. The number of rotatable bonds is 7. The molecule has 0 saturated heterocycles. The molecular weight excluding hydrogens is 392 g/mol. The van der Waals surface area contributed by atoms with Crippen LogP contribution in [0, 0.1) is 19.8 Å². The number of carbonyl (C=O) groups excluding carboxylic acids is 2. The van der Waals surface area contributed by atoms with Crippen LogP contribution >= 0.6 is 0 Å². The minimum Gasteiger partial charge on any atom is -0.489 e. The summed E-state index contributed by atoms with van der Waals surface area (Å²) >= 11 is 0. The zero-order valence-corrected chi connectivity index (χ0v) is 18.7. The average molecular weight is 423 g/mol. The van der Waals surface area contributed by atoms with E-state index in [1.807, 2.05) is 38.1 Å². The molecule has 2 aromatic carbocycles. The average Bonchev–Trinajstić information content (AvgIpc) is 2.74. The van der Waals surface area contributed by atoms with E-state index >= 15 is 0 Å². The van der Waals surface area contributed by atoms with Crippen molar-refractivity contribution in [2.75, 3.05) is 6.61 Å². The molecule has 0 spiro atoms. The first kappa shape index (κ1) is 22.4. The van der Waals surface area contributed by atoms with Crippen molar-refractivity contribution in [3.8, 4) is 5.75 Å². The third-order valence-electron chi connectivity index (χ3n) is 5.29. The molecule has 164 valence electrons. The van der Waals surface area contributed by atoms with Crippen LogP contribution in [0.2, 0.25) is 0 Å². The SMILES string of the molecule is CCOC(=O)C1=C(C(C)C)NC(=O)NC1c1ccc(OCc2cc(C)ccc2C)cc1. The molecule has 2 N–H and O–H groups in total. The highest BCUT2D eigenvalue weighted by atomic mass is 16.5. The van der Waals surface area contributed by atoms with Crippen molar-refractivity contribution in [3.05, 3.63) is 76.0 Å². The van der Waals surface area contributed by atoms with Crippen LogP contribution in [0.5, 0.6) is 5.75 Å². The number of aryl methyl sites for hydroxylation is 2. The Morgan fingerprint density at radius 2 is 1.81 bits per heavy atom. The molecule has 6 nitrogen and oxygen atoms in total. The van der Waals surface area contributed by atoms with Crippen molar-refractivity contribution in [1.82, 2.24) is 10.6 Å².